The first-order valence-electron chi connectivity index (χ1n) is 5.27. The predicted octanol–water partition coefficient (Wildman–Crippen LogP) is 3.57. The Morgan fingerprint density at radius 2 is 1.67 bits per heavy atom. The van der Waals surface area contributed by atoms with Gasteiger partial charge >= 0.3 is 6.36 Å². The van der Waals surface area contributed by atoms with Crippen molar-refractivity contribution in [1.29, 1.82) is 0 Å². The number of hydrogen-bond acceptors (Lipinski definition) is 2. The summed E-state index contributed by atoms with van der Waals surface area (Å²) >= 11 is 0. The third-order valence-electron chi connectivity index (χ3n) is 2.34. The first kappa shape index (κ1) is 12.4. The smallest absolute Gasteiger partial charge is 0.405 e. The van der Waals surface area contributed by atoms with Gasteiger partial charge in [-0.1, -0.05) is 18.2 Å². The Bertz CT molecular complexity index is 511. The molecule has 0 spiro atoms. The van der Waals surface area contributed by atoms with E-state index in [-0.39, 0.29) is 5.75 Å². The minimum atomic E-state index is -4.67. The lowest BCUT2D eigenvalue weighted by atomic mass is 10.1. The van der Waals surface area contributed by atoms with Crippen LogP contribution in [0.5, 0.6) is 5.75 Å². The van der Waals surface area contributed by atoms with Gasteiger partial charge in [0.05, 0.1) is 0 Å². The maximum atomic E-state index is 12.2. The Morgan fingerprint density at radius 3 is 2.33 bits per heavy atom. The molecule has 0 bridgehead atoms. The summed E-state index contributed by atoms with van der Waals surface area (Å²) in [5.41, 5.74) is 1.37. The van der Waals surface area contributed by atoms with Gasteiger partial charge in [0.2, 0.25) is 0 Å². The molecule has 0 saturated heterocycles. The van der Waals surface area contributed by atoms with Crippen LogP contribution in [0.25, 0.3) is 0 Å². The molecule has 0 aliphatic heterocycles. The molecular formula is C13H10F3NO. The second kappa shape index (κ2) is 5.08. The van der Waals surface area contributed by atoms with Crippen LogP contribution in [0.1, 0.15) is 11.1 Å². The number of aromatic nitrogens is 1. The van der Waals surface area contributed by atoms with E-state index in [1.807, 2.05) is 0 Å². The summed E-state index contributed by atoms with van der Waals surface area (Å²) in [6, 6.07) is 9.62. The summed E-state index contributed by atoms with van der Waals surface area (Å²) in [6.45, 7) is 0. The number of nitrogens with zero attached hydrogens (tertiary/aromatic N) is 1. The lowest BCUT2D eigenvalue weighted by molar-refractivity contribution is -0.274. The van der Waals surface area contributed by atoms with Crippen LogP contribution in [-0.2, 0) is 6.42 Å². The lowest BCUT2D eigenvalue weighted by Crippen LogP contribution is -2.18. The fourth-order valence-electron chi connectivity index (χ4n) is 1.59. The minimum Gasteiger partial charge on any atom is -0.405 e. The van der Waals surface area contributed by atoms with Gasteiger partial charge in [0.25, 0.3) is 0 Å². The van der Waals surface area contributed by atoms with Crippen LogP contribution in [0.2, 0.25) is 0 Å². The van der Waals surface area contributed by atoms with Gasteiger partial charge in [-0.05, 0) is 29.3 Å². The second-order valence-corrected chi connectivity index (χ2v) is 3.69. The van der Waals surface area contributed by atoms with Crippen molar-refractivity contribution in [2.45, 2.75) is 12.8 Å². The zero-order valence-corrected chi connectivity index (χ0v) is 9.32. The number of benzene rings is 1. The zero-order chi connectivity index (χ0) is 13.0. The molecule has 0 unspecified atom stereocenters. The van der Waals surface area contributed by atoms with Crippen LogP contribution in [0.4, 0.5) is 13.2 Å². The van der Waals surface area contributed by atoms with Crippen molar-refractivity contribution in [2.24, 2.45) is 0 Å². The highest BCUT2D eigenvalue weighted by atomic mass is 19.4. The van der Waals surface area contributed by atoms with Crippen molar-refractivity contribution in [3.8, 4) is 5.75 Å². The van der Waals surface area contributed by atoms with Crippen LogP contribution in [0.3, 0.4) is 0 Å². The molecule has 2 rings (SSSR count). The predicted molar refractivity (Wildman–Crippen MR) is 60.2 cm³/mol. The first-order chi connectivity index (χ1) is 8.54. The Morgan fingerprint density at radius 1 is 1.00 bits per heavy atom. The average molecular weight is 253 g/mol. The normalized spacial score (nSPS) is 11.3. The molecule has 2 nitrogen and oxygen atoms in total. The fourth-order valence-corrected chi connectivity index (χ4v) is 1.59. The lowest BCUT2D eigenvalue weighted by Gasteiger charge is -2.13. The number of rotatable bonds is 3. The molecule has 5 heteroatoms. The SMILES string of the molecule is FC(F)(F)Oc1ccccc1Cc1ccncc1. The van der Waals surface area contributed by atoms with Gasteiger partial charge in [-0.25, -0.2) is 0 Å². The van der Waals surface area contributed by atoms with Gasteiger partial charge in [0, 0.05) is 18.8 Å². The fraction of sp³-hybridized carbons (Fsp3) is 0.154. The molecule has 0 amide bonds. The Hall–Kier alpha value is -2.04. The number of halogens is 3. The summed E-state index contributed by atoms with van der Waals surface area (Å²) in [4.78, 5) is 3.86. The van der Waals surface area contributed by atoms with Gasteiger partial charge < -0.3 is 4.74 Å². The molecular weight excluding hydrogens is 243 g/mol. The van der Waals surface area contributed by atoms with E-state index < -0.39 is 6.36 Å². The number of hydrogen-bond donors (Lipinski definition) is 0. The molecule has 0 radical (unpaired) electrons. The number of ether oxygens (including phenoxy) is 1. The van der Waals surface area contributed by atoms with E-state index in [0.29, 0.717) is 12.0 Å². The molecule has 18 heavy (non-hydrogen) atoms. The van der Waals surface area contributed by atoms with Gasteiger partial charge in [0.1, 0.15) is 5.75 Å². The Labute approximate surface area is 102 Å². The quantitative estimate of drug-likeness (QED) is 0.834. The van der Waals surface area contributed by atoms with Crippen molar-refractivity contribution in [1.82, 2.24) is 4.98 Å². The monoisotopic (exact) mass is 253 g/mol. The molecule has 1 aromatic carbocycles. The third-order valence-corrected chi connectivity index (χ3v) is 2.34. The summed E-state index contributed by atoms with van der Waals surface area (Å²) in [6.07, 6.45) is -1.10. The zero-order valence-electron chi connectivity index (χ0n) is 9.32. The van der Waals surface area contributed by atoms with Crippen molar-refractivity contribution in [3.63, 3.8) is 0 Å². The molecule has 1 heterocycles. The Balaban J connectivity index is 2.23. The maximum Gasteiger partial charge on any atom is 0.573 e. The molecule has 0 atom stereocenters. The maximum absolute atomic E-state index is 12.2. The number of para-hydroxylation sites is 1. The van der Waals surface area contributed by atoms with E-state index in [2.05, 4.69) is 9.72 Å². The van der Waals surface area contributed by atoms with Crippen molar-refractivity contribution >= 4 is 0 Å². The van der Waals surface area contributed by atoms with Gasteiger partial charge in [-0.2, -0.15) is 0 Å². The first-order valence-corrected chi connectivity index (χ1v) is 5.27. The highest BCUT2D eigenvalue weighted by Crippen LogP contribution is 2.27. The van der Waals surface area contributed by atoms with Crippen molar-refractivity contribution in [3.05, 3.63) is 59.9 Å². The number of alkyl halides is 3. The molecule has 2 aromatic rings. The summed E-state index contributed by atoms with van der Waals surface area (Å²) < 4.78 is 40.7. The van der Waals surface area contributed by atoms with Gasteiger partial charge in [-0.3, -0.25) is 4.98 Å². The molecule has 1 aromatic heterocycles. The van der Waals surface area contributed by atoms with E-state index in [9.17, 15) is 13.2 Å². The summed E-state index contributed by atoms with van der Waals surface area (Å²) in [5, 5.41) is 0. The van der Waals surface area contributed by atoms with E-state index >= 15 is 0 Å². The van der Waals surface area contributed by atoms with Gasteiger partial charge in [-0.15, -0.1) is 13.2 Å². The third kappa shape index (κ3) is 3.48. The molecule has 0 aliphatic carbocycles. The van der Waals surface area contributed by atoms with Crippen molar-refractivity contribution in [2.75, 3.05) is 0 Å². The molecule has 94 valence electrons. The van der Waals surface area contributed by atoms with Crippen LogP contribution in [0, 0.1) is 0 Å². The van der Waals surface area contributed by atoms with Crippen LogP contribution in [-0.4, -0.2) is 11.3 Å². The van der Waals surface area contributed by atoms with Crippen molar-refractivity contribution < 1.29 is 17.9 Å². The largest absolute Gasteiger partial charge is 0.573 e. The average Bonchev–Trinajstić information content (AvgIpc) is 2.31. The Kier molecular flexibility index (Phi) is 3.50. The van der Waals surface area contributed by atoms with Crippen LogP contribution < -0.4 is 4.74 Å². The highest BCUT2D eigenvalue weighted by Gasteiger charge is 2.31. The number of pyridine rings is 1. The summed E-state index contributed by atoms with van der Waals surface area (Å²) in [5.74, 6) is -0.165. The van der Waals surface area contributed by atoms with Crippen LogP contribution >= 0.6 is 0 Å². The highest BCUT2D eigenvalue weighted by molar-refractivity contribution is 5.37. The standard InChI is InChI=1S/C13H10F3NO/c14-13(15,16)18-12-4-2-1-3-11(12)9-10-5-7-17-8-6-10/h1-8H,9H2. The van der Waals surface area contributed by atoms with E-state index in [4.69, 9.17) is 0 Å². The second-order valence-electron chi connectivity index (χ2n) is 3.69. The molecule has 0 N–H and O–H groups in total. The molecule has 0 saturated carbocycles. The molecule has 0 fully saturated rings. The van der Waals surface area contributed by atoms with Gasteiger partial charge in [0.15, 0.2) is 0 Å². The van der Waals surface area contributed by atoms with E-state index in [0.717, 1.165) is 5.56 Å². The van der Waals surface area contributed by atoms with E-state index in [1.54, 1.807) is 36.7 Å². The topological polar surface area (TPSA) is 22.1 Å². The van der Waals surface area contributed by atoms with E-state index in [1.165, 1.54) is 12.1 Å². The molecule has 0 aliphatic rings. The minimum absolute atomic E-state index is 0.165. The summed E-state index contributed by atoms with van der Waals surface area (Å²) in [7, 11) is 0. The van der Waals surface area contributed by atoms with Crippen LogP contribution in [0.15, 0.2) is 48.8 Å².